The minimum Gasteiger partial charge on any atom is -0.351 e. The molecule has 32 heavy (non-hydrogen) atoms. The first-order valence-corrected chi connectivity index (χ1v) is 12.7. The van der Waals surface area contributed by atoms with E-state index < -0.39 is 10.0 Å². The molecule has 4 rings (SSSR count). The van der Waals surface area contributed by atoms with E-state index in [1.807, 2.05) is 37.3 Å². The molecule has 0 bridgehead atoms. The molecule has 0 amide bonds. The van der Waals surface area contributed by atoms with Crippen LogP contribution in [-0.4, -0.2) is 29.3 Å². The molecule has 2 atom stereocenters. The number of anilines is 2. The molecule has 3 aromatic rings. The van der Waals surface area contributed by atoms with Gasteiger partial charge in [0.05, 0.1) is 23.7 Å². The Morgan fingerprint density at radius 2 is 1.94 bits per heavy atom. The Morgan fingerprint density at radius 1 is 1.16 bits per heavy atom. The predicted molar refractivity (Wildman–Crippen MR) is 132 cm³/mol. The van der Waals surface area contributed by atoms with Crippen LogP contribution in [0, 0.1) is 6.92 Å². The maximum absolute atomic E-state index is 11.7. The molecule has 0 spiro atoms. The molecule has 2 aromatic heterocycles. The third-order valence-corrected chi connectivity index (χ3v) is 6.46. The van der Waals surface area contributed by atoms with Crippen molar-refractivity contribution in [2.24, 2.45) is 0 Å². The lowest BCUT2D eigenvalue weighted by molar-refractivity contribution is 0.497. The van der Waals surface area contributed by atoms with Gasteiger partial charge in [-0.2, -0.15) is 0 Å². The molecule has 168 valence electrons. The average Bonchev–Trinajstić information content (AvgIpc) is 3.33. The van der Waals surface area contributed by atoms with E-state index in [0.717, 1.165) is 28.9 Å². The van der Waals surface area contributed by atoms with Gasteiger partial charge in [0.15, 0.2) is 5.11 Å². The Morgan fingerprint density at radius 3 is 2.56 bits per heavy atom. The van der Waals surface area contributed by atoms with E-state index in [4.69, 9.17) is 12.2 Å². The largest absolute Gasteiger partial charge is 0.351 e. The highest BCUT2D eigenvalue weighted by Gasteiger charge is 2.42. The smallest absolute Gasteiger partial charge is 0.229 e. The molecule has 1 aliphatic rings. The summed E-state index contributed by atoms with van der Waals surface area (Å²) in [4.78, 5) is 6.69. The summed E-state index contributed by atoms with van der Waals surface area (Å²) in [6, 6.07) is 15.7. The number of benzene rings is 1. The second-order valence-electron chi connectivity index (χ2n) is 8.30. The fourth-order valence-corrected chi connectivity index (χ4v) is 5.15. The molecule has 0 aliphatic carbocycles. The fraction of sp³-hybridized carbons (Fsp3) is 0.304. The minimum absolute atomic E-state index is 0.122. The molecule has 1 aliphatic heterocycles. The van der Waals surface area contributed by atoms with Crippen molar-refractivity contribution in [1.82, 2.24) is 14.9 Å². The topological polar surface area (TPSA) is 79.3 Å². The first kappa shape index (κ1) is 22.3. The van der Waals surface area contributed by atoms with E-state index in [2.05, 4.69) is 56.7 Å². The van der Waals surface area contributed by atoms with Crippen LogP contribution in [0.4, 0.5) is 11.4 Å². The van der Waals surface area contributed by atoms with Gasteiger partial charge in [0.2, 0.25) is 10.0 Å². The van der Waals surface area contributed by atoms with Gasteiger partial charge >= 0.3 is 0 Å². The molecule has 0 radical (unpaired) electrons. The number of nitrogens with one attached hydrogen (secondary N) is 2. The Labute approximate surface area is 194 Å². The molecule has 0 saturated carbocycles. The summed E-state index contributed by atoms with van der Waals surface area (Å²) in [5, 5.41) is 4.07. The average molecular weight is 470 g/mol. The van der Waals surface area contributed by atoms with Gasteiger partial charge in [-0.15, -0.1) is 0 Å². The lowest BCUT2D eigenvalue weighted by Gasteiger charge is -2.30. The molecule has 3 heterocycles. The number of aryl methyl sites for hydroxylation is 1. The number of hydrogen-bond donors (Lipinski definition) is 2. The zero-order valence-corrected chi connectivity index (χ0v) is 20.1. The highest BCUT2D eigenvalue weighted by molar-refractivity contribution is 7.92. The highest BCUT2D eigenvalue weighted by atomic mass is 32.2. The van der Waals surface area contributed by atoms with Crippen molar-refractivity contribution in [3.8, 4) is 0 Å². The third kappa shape index (κ3) is 4.35. The first-order chi connectivity index (χ1) is 15.2. The molecule has 1 aromatic carbocycles. The number of aromatic nitrogens is 2. The molecule has 2 N–H and O–H groups in total. The Kier molecular flexibility index (Phi) is 5.96. The first-order valence-electron chi connectivity index (χ1n) is 10.4. The summed E-state index contributed by atoms with van der Waals surface area (Å²) < 4.78 is 28.2. The van der Waals surface area contributed by atoms with Crippen LogP contribution in [0.1, 0.15) is 48.9 Å². The van der Waals surface area contributed by atoms with Gasteiger partial charge in [0.1, 0.15) is 6.04 Å². The summed E-state index contributed by atoms with van der Waals surface area (Å²) in [5.74, 6) is 0. The molecule has 7 nitrogen and oxygen atoms in total. The molecule has 1 fully saturated rings. The summed E-state index contributed by atoms with van der Waals surface area (Å²) in [7, 11) is -3.36. The maximum atomic E-state index is 11.7. The second-order valence-corrected chi connectivity index (χ2v) is 10.4. The zero-order valence-electron chi connectivity index (χ0n) is 18.5. The van der Waals surface area contributed by atoms with Crippen LogP contribution in [0.3, 0.4) is 0 Å². The van der Waals surface area contributed by atoms with Crippen molar-refractivity contribution in [3.63, 3.8) is 0 Å². The molecule has 0 unspecified atom stereocenters. The van der Waals surface area contributed by atoms with Crippen LogP contribution in [0.2, 0.25) is 0 Å². The standard InChI is InChI=1S/C23H27N5O2S2/c1-15(2)27-13-7-9-20(27)22-21(19-8-5-6-12-24-19)25-23(31)28(22)17-10-11-18(16(3)14-17)26-32(4,29)30/h5-15,21-22,26H,1-4H3,(H,25,31)/t21-,22-/m1/s1. The predicted octanol–water partition coefficient (Wildman–Crippen LogP) is 4.32. The Hall–Kier alpha value is -2.91. The maximum Gasteiger partial charge on any atom is 0.229 e. The second kappa shape index (κ2) is 8.55. The molecule has 9 heteroatoms. The molecular weight excluding hydrogens is 442 g/mol. The number of nitrogens with zero attached hydrogens (tertiary/aromatic N) is 3. The fourth-order valence-electron chi connectivity index (χ4n) is 4.17. The van der Waals surface area contributed by atoms with E-state index in [9.17, 15) is 8.42 Å². The number of pyridine rings is 1. The number of thiocarbonyl (C=S) groups is 1. The number of sulfonamides is 1. The van der Waals surface area contributed by atoms with Crippen LogP contribution in [0.25, 0.3) is 0 Å². The van der Waals surface area contributed by atoms with E-state index in [1.165, 1.54) is 0 Å². The van der Waals surface area contributed by atoms with Crippen LogP contribution < -0.4 is 14.9 Å². The van der Waals surface area contributed by atoms with Crippen molar-refractivity contribution in [2.75, 3.05) is 15.9 Å². The summed E-state index contributed by atoms with van der Waals surface area (Å²) >= 11 is 5.79. The third-order valence-electron chi connectivity index (χ3n) is 5.55. The van der Waals surface area contributed by atoms with E-state index >= 15 is 0 Å². The highest BCUT2D eigenvalue weighted by Crippen LogP contribution is 2.42. The van der Waals surface area contributed by atoms with Gasteiger partial charge in [0.25, 0.3) is 0 Å². The minimum atomic E-state index is -3.36. The summed E-state index contributed by atoms with van der Waals surface area (Å²) in [6.45, 7) is 6.19. The van der Waals surface area contributed by atoms with Gasteiger partial charge < -0.3 is 14.8 Å². The van der Waals surface area contributed by atoms with E-state index in [1.54, 1.807) is 12.3 Å². The SMILES string of the molecule is Cc1cc(N2C(=S)N[C@H](c3ccccn3)[C@H]2c2cccn2C(C)C)ccc1NS(C)(=O)=O. The quantitative estimate of drug-likeness (QED) is 0.524. The van der Waals surface area contributed by atoms with E-state index in [0.29, 0.717) is 10.8 Å². The van der Waals surface area contributed by atoms with Crippen molar-refractivity contribution in [1.29, 1.82) is 0 Å². The van der Waals surface area contributed by atoms with Crippen molar-refractivity contribution in [2.45, 2.75) is 38.9 Å². The zero-order chi connectivity index (χ0) is 23.0. The van der Waals surface area contributed by atoms with Crippen molar-refractivity contribution < 1.29 is 8.42 Å². The summed E-state index contributed by atoms with van der Waals surface area (Å²) in [6.07, 6.45) is 5.02. The van der Waals surface area contributed by atoms with Gasteiger partial charge in [-0.05, 0) is 81.0 Å². The van der Waals surface area contributed by atoms with Crippen molar-refractivity contribution in [3.05, 3.63) is 77.9 Å². The Balaban J connectivity index is 1.82. The number of rotatable bonds is 6. The Bertz CT molecular complexity index is 1240. The van der Waals surface area contributed by atoms with Crippen molar-refractivity contribution >= 4 is 38.7 Å². The lowest BCUT2D eigenvalue weighted by Crippen LogP contribution is -2.30. The van der Waals surface area contributed by atoms with Gasteiger partial charge in [-0.1, -0.05) is 6.07 Å². The van der Waals surface area contributed by atoms with Crippen LogP contribution >= 0.6 is 12.2 Å². The van der Waals surface area contributed by atoms with Crippen LogP contribution in [0.5, 0.6) is 0 Å². The summed E-state index contributed by atoms with van der Waals surface area (Å²) in [5.41, 5.74) is 4.29. The van der Waals surface area contributed by atoms with Gasteiger partial charge in [-0.25, -0.2) is 8.42 Å². The number of hydrogen-bond acceptors (Lipinski definition) is 4. The normalized spacial score (nSPS) is 18.8. The monoisotopic (exact) mass is 469 g/mol. The van der Waals surface area contributed by atoms with E-state index in [-0.39, 0.29) is 18.1 Å². The van der Waals surface area contributed by atoms with Crippen LogP contribution in [0.15, 0.2) is 60.9 Å². The van der Waals surface area contributed by atoms with Crippen LogP contribution in [-0.2, 0) is 10.0 Å². The van der Waals surface area contributed by atoms with Gasteiger partial charge in [-0.3, -0.25) is 9.71 Å². The lowest BCUT2D eigenvalue weighted by atomic mass is 10.00. The van der Waals surface area contributed by atoms with Gasteiger partial charge in [0, 0.05) is 29.8 Å². The molecular formula is C23H27N5O2S2. The molecule has 1 saturated heterocycles.